The van der Waals surface area contributed by atoms with E-state index >= 15 is 0 Å². The molecule has 3 rings (SSSR count). The van der Waals surface area contributed by atoms with E-state index in [4.69, 9.17) is 14.2 Å². The summed E-state index contributed by atoms with van der Waals surface area (Å²) in [7, 11) is 2.99. The molecular weight excluding hydrogens is 412 g/mol. The third-order valence-corrected chi connectivity index (χ3v) is 4.26. The first-order valence-corrected chi connectivity index (χ1v) is 8.11. The number of rotatable bonds is 4. The fourth-order valence-electron chi connectivity index (χ4n) is 2.32. The number of carbonyl (C=O) groups is 1. The Kier molecular flexibility index (Phi) is 5.03. The van der Waals surface area contributed by atoms with Crippen molar-refractivity contribution in [2.24, 2.45) is 4.99 Å². The van der Waals surface area contributed by atoms with Gasteiger partial charge in [-0.1, -0.05) is 15.9 Å². The minimum Gasteiger partial charge on any atom is -0.493 e. The molecule has 5 nitrogen and oxygen atoms in total. The lowest BCUT2D eigenvalue weighted by molar-refractivity contribution is -0.129. The molecule has 0 aromatic heterocycles. The van der Waals surface area contributed by atoms with Crippen LogP contribution in [0.4, 0.5) is 8.78 Å². The molecule has 0 atom stereocenters. The number of benzene rings is 2. The van der Waals surface area contributed by atoms with E-state index in [2.05, 4.69) is 20.9 Å². The first kappa shape index (κ1) is 18.1. The normalized spacial score (nSPS) is 15.0. The van der Waals surface area contributed by atoms with Crippen molar-refractivity contribution in [3.8, 4) is 11.5 Å². The van der Waals surface area contributed by atoms with E-state index in [1.807, 2.05) is 0 Å². The molecule has 0 saturated heterocycles. The van der Waals surface area contributed by atoms with Crippen LogP contribution in [0, 0.1) is 11.6 Å². The Balaban J connectivity index is 2.01. The van der Waals surface area contributed by atoms with E-state index in [0.29, 0.717) is 27.6 Å². The Morgan fingerprint density at radius 3 is 2.46 bits per heavy atom. The number of carbonyl (C=O) groups excluding carboxylic acids is 1. The van der Waals surface area contributed by atoms with Gasteiger partial charge in [0.05, 0.1) is 19.8 Å². The summed E-state index contributed by atoms with van der Waals surface area (Å²) in [6.07, 6.45) is 1.46. The summed E-state index contributed by atoms with van der Waals surface area (Å²) in [4.78, 5) is 16.1. The molecule has 8 heteroatoms. The number of aliphatic imine (C=N–C) groups is 1. The van der Waals surface area contributed by atoms with Crippen molar-refractivity contribution in [2.75, 3.05) is 14.2 Å². The van der Waals surface area contributed by atoms with Crippen LogP contribution in [0.5, 0.6) is 11.5 Å². The first-order chi connectivity index (χ1) is 12.4. The second kappa shape index (κ2) is 7.25. The highest BCUT2D eigenvalue weighted by Gasteiger charge is 2.26. The summed E-state index contributed by atoms with van der Waals surface area (Å²) in [6.45, 7) is 0. The van der Waals surface area contributed by atoms with E-state index in [1.165, 1.54) is 20.3 Å². The molecule has 0 bridgehead atoms. The highest BCUT2D eigenvalue weighted by atomic mass is 79.9. The van der Waals surface area contributed by atoms with E-state index in [9.17, 15) is 13.6 Å². The maximum absolute atomic E-state index is 13.9. The zero-order valence-electron chi connectivity index (χ0n) is 13.7. The number of halogens is 3. The monoisotopic (exact) mass is 423 g/mol. The molecule has 26 heavy (non-hydrogen) atoms. The number of methoxy groups -OCH3 is 2. The number of ether oxygens (including phenoxy) is 3. The van der Waals surface area contributed by atoms with E-state index < -0.39 is 17.6 Å². The largest absolute Gasteiger partial charge is 0.493 e. The molecule has 1 aliphatic heterocycles. The maximum Gasteiger partial charge on any atom is 0.363 e. The molecule has 0 N–H and O–H groups in total. The van der Waals surface area contributed by atoms with Crippen LogP contribution in [0.1, 0.15) is 11.1 Å². The number of hydrogen-bond donors (Lipinski definition) is 0. The highest BCUT2D eigenvalue weighted by molar-refractivity contribution is 9.10. The molecule has 0 amide bonds. The van der Waals surface area contributed by atoms with Gasteiger partial charge in [-0.2, -0.15) is 0 Å². The van der Waals surface area contributed by atoms with Crippen molar-refractivity contribution >= 4 is 33.9 Å². The SMILES string of the molecule is COc1cc(Br)c(/C=C2\N=C(c3ccc(F)cc3F)OC2=O)cc1OC. The molecule has 0 spiro atoms. The van der Waals surface area contributed by atoms with Gasteiger partial charge in [0, 0.05) is 10.5 Å². The Morgan fingerprint density at radius 2 is 1.81 bits per heavy atom. The van der Waals surface area contributed by atoms with Gasteiger partial charge in [0.15, 0.2) is 17.2 Å². The predicted molar refractivity (Wildman–Crippen MR) is 94.2 cm³/mol. The quantitative estimate of drug-likeness (QED) is 0.548. The third-order valence-electron chi connectivity index (χ3n) is 3.58. The summed E-state index contributed by atoms with van der Waals surface area (Å²) >= 11 is 3.38. The van der Waals surface area contributed by atoms with Gasteiger partial charge in [-0.3, -0.25) is 0 Å². The Labute approximate surface area is 156 Å². The van der Waals surface area contributed by atoms with Gasteiger partial charge in [-0.05, 0) is 35.9 Å². The minimum absolute atomic E-state index is 0.0309. The van der Waals surface area contributed by atoms with E-state index in [-0.39, 0.29) is 17.2 Å². The van der Waals surface area contributed by atoms with Gasteiger partial charge < -0.3 is 14.2 Å². The molecule has 0 unspecified atom stereocenters. The van der Waals surface area contributed by atoms with Gasteiger partial charge in [-0.15, -0.1) is 0 Å². The summed E-state index contributed by atoms with van der Waals surface area (Å²) < 4.78 is 42.9. The predicted octanol–water partition coefficient (Wildman–Crippen LogP) is 4.09. The standard InChI is InChI=1S/C18H12BrF2NO4/c1-24-15-6-9(12(19)8-16(15)25-2)5-14-18(23)26-17(22-14)11-4-3-10(20)7-13(11)21/h3-8H,1-2H3/b14-5-. The van der Waals surface area contributed by atoms with Gasteiger partial charge in [-0.25, -0.2) is 18.6 Å². The maximum atomic E-state index is 13.9. The smallest absolute Gasteiger partial charge is 0.363 e. The summed E-state index contributed by atoms with van der Waals surface area (Å²) in [5, 5.41) is 0. The second-order valence-electron chi connectivity index (χ2n) is 5.19. The number of nitrogens with zero attached hydrogens (tertiary/aromatic N) is 1. The highest BCUT2D eigenvalue weighted by Crippen LogP contribution is 2.35. The summed E-state index contributed by atoms with van der Waals surface area (Å²) in [5.74, 6) is -1.61. The fraction of sp³-hybridized carbons (Fsp3) is 0.111. The molecular formula is C18H12BrF2NO4. The zero-order valence-corrected chi connectivity index (χ0v) is 15.3. The average Bonchev–Trinajstić information content (AvgIpc) is 2.96. The van der Waals surface area contributed by atoms with Gasteiger partial charge in [0.25, 0.3) is 0 Å². The van der Waals surface area contributed by atoms with Crippen molar-refractivity contribution in [1.29, 1.82) is 0 Å². The molecule has 2 aromatic rings. The topological polar surface area (TPSA) is 57.1 Å². The summed E-state index contributed by atoms with van der Waals surface area (Å²) in [6, 6.07) is 6.23. The molecule has 0 saturated carbocycles. The Morgan fingerprint density at radius 1 is 1.12 bits per heavy atom. The van der Waals surface area contributed by atoms with Crippen molar-refractivity contribution in [3.63, 3.8) is 0 Å². The van der Waals surface area contributed by atoms with Crippen molar-refractivity contribution < 1.29 is 27.8 Å². The van der Waals surface area contributed by atoms with Crippen LogP contribution in [0.25, 0.3) is 6.08 Å². The van der Waals surface area contributed by atoms with E-state index in [0.717, 1.165) is 12.1 Å². The average molecular weight is 424 g/mol. The van der Waals surface area contributed by atoms with Crippen LogP contribution in [-0.4, -0.2) is 26.1 Å². The lowest BCUT2D eigenvalue weighted by Gasteiger charge is -2.09. The lowest BCUT2D eigenvalue weighted by atomic mass is 10.1. The van der Waals surface area contributed by atoms with Gasteiger partial charge in [0.1, 0.15) is 11.6 Å². The Bertz CT molecular complexity index is 956. The molecule has 1 aliphatic rings. The number of esters is 1. The van der Waals surface area contributed by atoms with Crippen LogP contribution in [0.15, 0.2) is 45.5 Å². The molecule has 0 fully saturated rings. The van der Waals surface area contributed by atoms with Crippen LogP contribution in [0.3, 0.4) is 0 Å². The van der Waals surface area contributed by atoms with E-state index in [1.54, 1.807) is 12.1 Å². The second-order valence-corrected chi connectivity index (χ2v) is 6.04. The van der Waals surface area contributed by atoms with Gasteiger partial charge >= 0.3 is 5.97 Å². The minimum atomic E-state index is -0.870. The Hall–Kier alpha value is -2.74. The third kappa shape index (κ3) is 3.45. The number of hydrogen-bond acceptors (Lipinski definition) is 5. The van der Waals surface area contributed by atoms with Crippen molar-refractivity contribution in [3.05, 3.63) is 63.3 Å². The molecule has 134 valence electrons. The molecule has 1 heterocycles. The molecule has 2 aromatic carbocycles. The molecule has 0 radical (unpaired) electrons. The lowest BCUT2D eigenvalue weighted by Crippen LogP contribution is -2.07. The molecule has 0 aliphatic carbocycles. The number of cyclic esters (lactones) is 1. The van der Waals surface area contributed by atoms with Crippen LogP contribution in [-0.2, 0) is 9.53 Å². The van der Waals surface area contributed by atoms with Crippen LogP contribution >= 0.6 is 15.9 Å². The zero-order chi connectivity index (χ0) is 18.8. The summed E-state index contributed by atoms with van der Waals surface area (Å²) in [5.41, 5.74) is 0.449. The first-order valence-electron chi connectivity index (χ1n) is 7.32. The van der Waals surface area contributed by atoms with Crippen molar-refractivity contribution in [1.82, 2.24) is 0 Å². The van der Waals surface area contributed by atoms with Gasteiger partial charge in [0.2, 0.25) is 5.90 Å². The van der Waals surface area contributed by atoms with Crippen molar-refractivity contribution in [2.45, 2.75) is 0 Å². The van der Waals surface area contributed by atoms with Crippen LogP contribution in [0.2, 0.25) is 0 Å². The van der Waals surface area contributed by atoms with Crippen LogP contribution < -0.4 is 9.47 Å². The fourth-order valence-corrected chi connectivity index (χ4v) is 2.75.